The molecular weight excluding hydrogens is 454 g/mol. The highest BCUT2D eigenvalue weighted by molar-refractivity contribution is 6.04. The summed E-state index contributed by atoms with van der Waals surface area (Å²) in [5, 5.41) is 5.39. The molecule has 8 nitrogen and oxygen atoms in total. The molecule has 1 aromatic carbocycles. The molecule has 0 aliphatic rings. The smallest absolute Gasteiger partial charge is 0.280 e. The van der Waals surface area contributed by atoms with Crippen molar-refractivity contribution in [3.05, 3.63) is 84.1 Å². The first-order valence-electron chi connectivity index (χ1n) is 10.5. The van der Waals surface area contributed by atoms with Gasteiger partial charge in [-0.3, -0.25) is 19.6 Å². The zero-order valence-corrected chi connectivity index (χ0v) is 18.8. The molecule has 0 aliphatic carbocycles. The van der Waals surface area contributed by atoms with Crippen LogP contribution < -0.4 is 10.6 Å². The molecule has 0 spiro atoms. The number of aromatic nitrogens is 4. The Hall–Kier alpha value is -4.60. The van der Waals surface area contributed by atoms with Gasteiger partial charge in [-0.15, -0.1) is 0 Å². The number of alkyl halides is 2. The molecule has 0 bridgehead atoms. The van der Waals surface area contributed by atoms with Crippen LogP contribution in [0.15, 0.2) is 67.3 Å². The minimum Gasteiger partial charge on any atom is -0.322 e. The molecule has 4 rings (SSSR count). The summed E-state index contributed by atoms with van der Waals surface area (Å²) < 4.78 is 25.4. The molecule has 0 radical (unpaired) electrons. The van der Waals surface area contributed by atoms with Crippen molar-refractivity contribution in [2.75, 3.05) is 10.6 Å². The SMILES string of the molecule is CC(=O)Nc1cc(-c2cncc(-c3cc(NC(=O)c4ccc(C(F)F)nc4)ccc3C)n2)ccn1. The number of pyridine rings is 2. The zero-order valence-electron chi connectivity index (χ0n) is 18.8. The van der Waals surface area contributed by atoms with Crippen LogP contribution in [0.1, 0.15) is 35.0 Å². The molecule has 2 amide bonds. The Balaban J connectivity index is 1.59. The first-order valence-corrected chi connectivity index (χ1v) is 10.5. The first-order chi connectivity index (χ1) is 16.8. The lowest BCUT2D eigenvalue weighted by atomic mass is 10.0. The molecule has 0 saturated heterocycles. The Bertz CT molecular complexity index is 1390. The Labute approximate surface area is 199 Å². The van der Waals surface area contributed by atoms with E-state index in [1.54, 1.807) is 42.9 Å². The lowest BCUT2D eigenvalue weighted by Crippen LogP contribution is -2.12. The predicted octanol–water partition coefficient (Wildman–Crippen LogP) is 5.06. The fourth-order valence-electron chi connectivity index (χ4n) is 3.32. The third-order valence-corrected chi connectivity index (χ3v) is 5.04. The van der Waals surface area contributed by atoms with Crippen LogP contribution in [0.25, 0.3) is 22.5 Å². The molecular formula is C25H20F2N6O2. The largest absolute Gasteiger partial charge is 0.322 e. The maximum absolute atomic E-state index is 12.7. The van der Waals surface area contributed by atoms with Gasteiger partial charge in [0.15, 0.2) is 0 Å². The van der Waals surface area contributed by atoms with E-state index in [-0.39, 0.29) is 11.5 Å². The normalized spacial score (nSPS) is 10.8. The van der Waals surface area contributed by atoms with E-state index in [2.05, 4.69) is 25.6 Å². The van der Waals surface area contributed by atoms with Gasteiger partial charge in [0.1, 0.15) is 11.5 Å². The Kier molecular flexibility index (Phi) is 6.81. The average Bonchev–Trinajstić information content (AvgIpc) is 2.85. The van der Waals surface area contributed by atoms with Crippen molar-refractivity contribution in [3.63, 3.8) is 0 Å². The van der Waals surface area contributed by atoms with Gasteiger partial charge < -0.3 is 10.6 Å². The highest BCUT2D eigenvalue weighted by atomic mass is 19.3. The number of nitrogens with one attached hydrogen (secondary N) is 2. The van der Waals surface area contributed by atoms with Crippen LogP contribution in [0.3, 0.4) is 0 Å². The monoisotopic (exact) mass is 474 g/mol. The van der Waals surface area contributed by atoms with Gasteiger partial charge in [0.25, 0.3) is 12.3 Å². The summed E-state index contributed by atoms with van der Waals surface area (Å²) in [5.74, 6) is -0.306. The number of hydrogen-bond acceptors (Lipinski definition) is 6. The lowest BCUT2D eigenvalue weighted by molar-refractivity contribution is -0.114. The van der Waals surface area contributed by atoms with Gasteiger partial charge in [0.2, 0.25) is 5.91 Å². The first kappa shape index (κ1) is 23.6. The van der Waals surface area contributed by atoms with Crippen LogP contribution in [0.2, 0.25) is 0 Å². The predicted molar refractivity (Wildman–Crippen MR) is 127 cm³/mol. The summed E-state index contributed by atoms with van der Waals surface area (Å²) in [7, 11) is 0. The van der Waals surface area contributed by atoms with Gasteiger partial charge in [0.05, 0.1) is 29.3 Å². The highest BCUT2D eigenvalue weighted by Gasteiger charge is 2.13. The fourth-order valence-corrected chi connectivity index (χ4v) is 3.32. The topological polar surface area (TPSA) is 110 Å². The van der Waals surface area contributed by atoms with E-state index < -0.39 is 18.0 Å². The quantitative estimate of drug-likeness (QED) is 0.404. The number of hydrogen-bond donors (Lipinski definition) is 2. The van der Waals surface area contributed by atoms with Crippen molar-refractivity contribution < 1.29 is 18.4 Å². The molecule has 10 heteroatoms. The summed E-state index contributed by atoms with van der Waals surface area (Å²) in [6, 6.07) is 11.2. The lowest BCUT2D eigenvalue weighted by Gasteiger charge is -2.11. The number of benzene rings is 1. The third-order valence-electron chi connectivity index (χ3n) is 5.04. The fraction of sp³-hybridized carbons (Fsp3) is 0.120. The van der Waals surface area contributed by atoms with Gasteiger partial charge in [-0.2, -0.15) is 0 Å². The molecule has 4 aromatic rings. The van der Waals surface area contributed by atoms with Gasteiger partial charge in [-0.25, -0.2) is 18.7 Å². The molecule has 0 fully saturated rings. The van der Waals surface area contributed by atoms with E-state index in [9.17, 15) is 18.4 Å². The maximum Gasteiger partial charge on any atom is 0.280 e. The molecule has 0 saturated carbocycles. The van der Waals surface area contributed by atoms with Crippen molar-refractivity contribution in [2.24, 2.45) is 0 Å². The van der Waals surface area contributed by atoms with Crippen molar-refractivity contribution in [1.82, 2.24) is 19.9 Å². The van der Waals surface area contributed by atoms with Crippen LogP contribution in [0, 0.1) is 6.92 Å². The molecule has 2 N–H and O–H groups in total. The van der Waals surface area contributed by atoms with Crippen LogP contribution >= 0.6 is 0 Å². The number of carbonyl (C=O) groups is 2. The van der Waals surface area contributed by atoms with Gasteiger partial charge in [-0.05, 0) is 48.9 Å². The van der Waals surface area contributed by atoms with E-state index in [1.165, 1.54) is 13.0 Å². The molecule has 3 heterocycles. The second-order valence-electron chi connectivity index (χ2n) is 7.66. The van der Waals surface area contributed by atoms with E-state index in [4.69, 9.17) is 4.98 Å². The maximum atomic E-state index is 12.7. The van der Waals surface area contributed by atoms with Crippen LogP contribution in [-0.4, -0.2) is 31.8 Å². The molecule has 0 unspecified atom stereocenters. The van der Waals surface area contributed by atoms with Crippen LogP contribution in [-0.2, 0) is 4.79 Å². The van der Waals surface area contributed by atoms with Crippen LogP contribution in [0.4, 0.5) is 20.3 Å². The van der Waals surface area contributed by atoms with Crippen molar-refractivity contribution >= 4 is 23.3 Å². The molecule has 35 heavy (non-hydrogen) atoms. The Morgan fingerprint density at radius 3 is 2.43 bits per heavy atom. The number of aryl methyl sites for hydroxylation is 1. The number of rotatable bonds is 6. The summed E-state index contributed by atoms with van der Waals surface area (Å²) in [4.78, 5) is 40.7. The van der Waals surface area contributed by atoms with Crippen LogP contribution in [0.5, 0.6) is 0 Å². The van der Waals surface area contributed by atoms with Crippen molar-refractivity contribution in [3.8, 4) is 22.5 Å². The summed E-state index contributed by atoms with van der Waals surface area (Å²) in [6.45, 7) is 3.31. The Morgan fingerprint density at radius 2 is 1.71 bits per heavy atom. The summed E-state index contributed by atoms with van der Waals surface area (Å²) in [5.41, 5.74) is 3.80. The van der Waals surface area contributed by atoms with E-state index in [0.717, 1.165) is 29.0 Å². The average molecular weight is 474 g/mol. The standard InChI is InChI=1S/C25H20F2N6O2/c1-14-3-5-18(32-25(35)17-4-6-20(24(26)27)30-11-17)10-19(14)22-13-28-12-21(33-22)16-7-8-29-23(9-16)31-15(2)34/h3-13,24H,1-2H3,(H,32,35)(H,29,31,34). The second-order valence-corrected chi connectivity index (χ2v) is 7.66. The highest BCUT2D eigenvalue weighted by Crippen LogP contribution is 2.28. The number of anilines is 2. The number of carbonyl (C=O) groups excluding carboxylic acids is 2. The van der Waals surface area contributed by atoms with Crippen molar-refractivity contribution in [1.29, 1.82) is 0 Å². The van der Waals surface area contributed by atoms with Gasteiger partial charge in [0, 0.05) is 36.1 Å². The molecule has 3 aromatic heterocycles. The molecule has 0 aliphatic heterocycles. The second kappa shape index (κ2) is 10.1. The molecule has 0 atom stereocenters. The minimum atomic E-state index is -2.70. The van der Waals surface area contributed by atoms with E-state index >= 15 is 0 Å². The third kappa shape index (κ3) is 5.67. The number of amides is 2. The number of halogens is 2. The summed E-state index contributed by atoms with van der Waals surface area (Å²) >= 11 is 0. The number of nitrogens with zero attached hydrogens (tertiary/aromatic N) is 4. The molecule has 176 valence electrons. The van der Waals surface area contributed by atoms with Crippen molar-refractivity contribution in [2.45, 2.75) is 20.3 Å². The Morgan fingerprint density at radius 1 is 0.914 bits per heavy atom. The van der Waals surface area contributed by atoms with E-state index in [0.29, 0.717) is 22.9 Å². The zero-order chi connectivity index (χ0) is 24.9. The van der Waals surface area contributed by atoms with Gasteiger partial charge in [-0.1, -0.05) is 6.07 Å². The summed E-state index contributed by atoms with van der Waals surface area (Å²) in [6.07, 6.45) is 3.20. The van der Waals surface area contributed by atoms with E-state index in [1.807, 2.05) is 13.0 Å². The van der Waals surface area contributed by atoms with Gasteiger partial charge >= 0.3 is 0 Å². The minimum absolute atomic E-state index is 0.158.